The molecule has 290 valence electrons. The Morgan fingerprint density at radius 2 is 1.59 bits per heavy atom. The molecule has 0 bridgehead atoms. The highest BCUT2D eigenvalue weighted by Gasteiger charge is 2.37. The average molecular weight is 808 g/mol. The van der Waals surface area contributed by atoms with Gasteiger partial charge in [0.05, 0.1) is 33.5 Å². The highest BCUT2D eigenvalue weighted by Crippen LogP contribution is 2.43. The summed E-state index contributed by atoms with van der Waals surface area (Å²) in [7, 11) is -8.02. The number of amides is 1. The number of carbonyl (C=O) groups excluding carboxylic acids is 1. The molecule has 2 aromatic heterocycles. The molecule has 4 aromatic rings. The van der Waals surface area contributed by atoms with Crippen LogP contribution in [-0.2, 0) is 24.6 Å². The molecule has 54 heavy (non-hydrogen) atoms. The summed E-state index contributed by atoms with van der Waals surface area (Å²) in [6.07, 6.45) is 1.81. The smallest absolute Gasteiger partial charge is 0.410 e. The van der Waals surface area contributed by atoms with Gasteiger partial charge >= 0.3 is 6.09 Å². The van der Waals surface area contributed by atoms with Crippen LogP contribution in [0, 0.1) is 17.5 Å². The fourth-order valence-electron chi connectivity index (χ4n) is 6.45. The van der Waals surface area contributed by atoms with Crippen molar-refractivity contribution in [2.24, 2.45) is 0 Å². The number of nitrogens with zero attached hydrogens (tertiary/aromatic N) is 5. The van der Waals surface area contributed by atoms with E-state index in [-0.39, 0.29) is 46.8 Å². The zero-order chi connectivity index (χ0) is 39.2. The van der Waals surface area contributed by atoms with Gasteiger partial charge in [-0.05, 0) is 77.8 Å². The molecule has 2 saturated heterocycles. The normalized spacial score (nSPS) is 19.4. The Hall–Kier alpha value is -4.49. The third-order valence-electron chi connectivity index (χ3n) is 8.87. The van der Waals surface area contributed by atoms with Gasteiger partial charge in [-0.15, -0.1) is 0 Å². The van der Waals surface area contributed by atoms with Crippen molar-refractivity contribution in [3.63, 3.8) is 0 Å². The van der Waals surface area contributed by atoms with E-state index in [4.69, 9.17) is 9.72 Å². The molecule has 2 aliphatic rings. The number of anilines is 3. The lowest BCUT2D eigenvalue weighted by molar-refractivity contribution is 0.0193. The van der Waals surface area contributed by atoms with Gasteiger partial charge in [0.1, 0.15) is 27.1 Å². The molecule has 0 radical (unpaired) electrons. The quantitative estimate of drug-likeness (QED) is 0.205. The third-order valence-corrected chi connectivity index (χ3v) is 13.1. The van der Waals surface area contributed by atoms with Gasteiger partial charge < -0.3 is 19.9 Å². The number of sulfonamides is 1. The van der Waals surface area contributed by atoms with Gasteiger partial charge in [-0.25, -0.2) is 49.8 Å². The Bertz CT molecular complexity index is 2240. The first-order valence-electron chi connectivity index (χ1n) is 17.1. The standard InChI is InChI=1S/C35H40F3N7O6S3/c1-20-18-44(34(46)51-35(3,4)5)19-21(2)45(20)33-42-29(30(52-33)27-12-15-39-32(41-27)40-22-13-16-53(47,48)17-14-22)23-8-6-11-26(28(23)38)43-54(49,50)31-24(36)9-7-10-25(31)37/h6-12,15,20-22,43H,13-14,16-19H2,1-5H3,(H,39,40,41). The lowest BCUT2D eigenvalue weighted by atomic mass is 10.1. The first kappa shape index (κ1) is 39.2. The minimum absolute atomic E-state index is 0.0349. The molecule has 0 saturated carbocycles. The molecule has 13 nitrogen and oxygen atoms in total. The largest absolute Gasteiger partial charge is 0.444 e. The van der Waals surface area contributed by atoms with Crippen molar-refractivity contribution in [1.29, 1.82) is 0 Å². The van der Waals surface area contributed by atoms with Crippen LogP contribution in [0.1, 0.15) is 47.5 Å². The van der Waals surface area contributed by atoms with Crippen LogP contribution in [0.3, 0.4) is 0 Å². The number of rotatable bonds is 8. The topological polar surface area (TPSA) is 164 Å². The molecule has 2 atom stereocenters. The minimum Gasteiger partial charge on any atom is -0.444 e. The van der Waals surface area contributed by atoms with Crippen molar-refractivity contribution in [2.75, 3.05) is 39.5 Å². The molecule has 2 N–H and O–H groups in total. The van der Waals surface area contributed by atoms with Crippen LogP contribution in [0.5, 0.6) is 0 Å². The second-order valence-corrected chi connectivity index (χ2v) is 19.2. The number of sulfone groups is 1. The summed E-state index contributed by atoms with van der Waals surface area (Å²) in [6.45, 7) is 9.82. The van der Waals surface area contributed by atoms with E-state index >= 15 is 4.39 Å². The maximum absolute atomic E-state index is 16.5. The molecule has 1 amide bonds. The Balaban J connectivity index is 1.39. The number of carbonyl (C=O) groups is 1. The van der Waals surface area contributed by atoms with Crippen LogP contribution >= 0.6 is 11.3 Å². The number of benzene rings is 2. The molecule has 4 heterocycles. The van der Waals surface area contributed by atoms with E-state index in [1.54, 1.807) is 31.7 Å². The zero-order valence-electron chi connectivity index (χ0n) is 30.1. The molecule has 6 rings (SSSR count). The van der Waals surface area contributed by atoms with Crippen LogP contribution in [0.25, 0.3) is 21.8 Å². The first-order valence-corrected chi connectivity index (χ1v) is 21.3. The van der Waals surface area contributed by atoms with Crippen LogP contribution in [-0.4, -0.2) is 91.1 Å². The van der Waals surface area contributed by atoms with Crippen LogP contribution in [0.4, 0.5) is 34.7 Å². The third kappa shape index (κ3) is 8.57. The summed E-state index contributed by atoms with van der Waals surface area (Å²) in [5, 5.41) is 3.67. The molecule has 2 fully saturated rings. The van der Waals surface area contributed by atoms with Gasteiger partial charge in [0, 0.05) is 43.0 Å². The monoisotopic (exact) mass is 807 g/mol. The number of halogens is 3. The lowest BCUT2D eigenvalue weighted by Crippen LogP contribution is -2.58. The SMILES string of the molecule is CC1CN(C(=O)OC(C)(C)C)CC(C)N1c1nc(-c2cccc(NS(=O)(=O)c3c(F)cccc3F)c2F)c(-c2ccnc(NC3CCS(=O)(=O)CC3)n2)s1. The number of hydrogen-bond acceptors (Lipinski definition) is 12. The number of aromatic nitrogens is 3. The summed E-state index contributed by atoms with van der Waals surface area (Å²) < 4.78 is 103. The van der Waals surface area contributed by atoms with Gasteiger partial charge in [0.2, 0.25) is 5.95 Å². The highest BCUT2D eigenvalue weighted by atomic mass is 32.2. The second kappa shape index (κ2) is 15.0. The number of thiazole rings is 1. The van der Waals surface area contributed by atoms with E-state index in [1.165, 1.54) is 29.7 Å². The number of hydrogen-bond donors (Lipinski definition) is 2. The summed E-state index contributed by atoms with van der Waals surface area (Å²) in [6, 6.07) is 7.36. The Morgan fingerprint density at radius 3 is 2.22 bits per heavy atom. The molecule has 19 heteroatoms. The molecule has 2 aromatic carbocycles. The van der Waals surface area contributed by atoms with Gasteiger partial charge in [-0.3, -0.25) is 4.72 Å². The second-order valence-electron chi connectivity index (χ2n) is 14.3. The van der Waals surface area contributed by atoms with Crippen molar-refractivity contribution in [2.45, 2.75) is 76.1 Å². The maximum Gasteiger partial charge on any atom is 0.410 e. The molecule has 2 unspecified atom stereocenters. The molecule has 2 aliphatic heterocycles. The highest BCUT2D eigenvalue weighted by molar-refractivity contribution is 7.92. The Morgan fingerprint density at radius 1 is 0.963 bits per heavy atom. The van der Waals surface area contributed by atoms with Gasteiger partial charge in [0.25, 0.3) is 10.0 Å². The van der Waals surface area contributed by atoms with Gasteiger partial charge in [-0.1, -0.05) is 23.5 Å². The summed E-state index contributed by atoms with van der Waals surface area (Å²) in [5.41, 5.74) is -0.925. The first-order chi connectivity index (χ1) is 25.3. The maximum atomic E-state index is 16.5. The number of piperazine rings is 1. The predicted octanol–water partition coefficient (Wildman–Crippen LogP) is 6.31. The van der Waals surface area contributed by atoms with Crippen LogP contribution in [0.2, 0.25) is 0 Å². The predicted molar refractivity (Wildman–Crippen MR) is 200 cm³/mol. The fraction of sp³-hybridized carbons (Fsp3) is 0.429. The molecule has 0 aliphatic carbocycles. The number of nitrogens with one attached hydrogen (secondary N) is 2. The zero-order valence-corrected chi connectivity index (χ0v) is 32.6. The van der Waals surface area contributed by atoms with E-state index in [0.29, 0.717) is 41.6 Å². The fourth-order valence-corrected chi connectivity index (χ4v) is 10.4. The van der Waals surface area contributed by atoms with E-state index in [2.05, 4.69) is 15.3 Å². The summed E-state index contributed by atoms with van der Waals surface area (Å²) in [4.78, 5) is 29.6. The van der Waals surface area contributed by atoms with E-state index in [0.717, 1.165) is 24.3 Å². The summed E-state index contributed by atoms with van der Waals surface area (Å²) >= 11 is 1.20. The lowest BCUT2D eigenvalue weighted by Gasteiger charge is -2.44. The van der Waals surface area contributed by atoms with Crippen molar-refractivity contribution < 1.29 is 39.5 Å². The van der Waals surface area contributed by atoms with E-state index < -0.39 is 59.6 Å². The van der Waals surface area contributed by atoms with Crippen molar-refractivity contribution in [3.05, 3.63) is 66.1 Å². The van der Waals surface area contributed by atoms with Crippen molar-refractivity contribution >= 4 is 54.1 Å². The average Bonchev–Trinajstić information content (AvgIpc) is 3.50. The molecular formula is C35H40F3N7O6S3. The molecular weight excluding hydrogens is 768 g/mol. The van der Waals surface area contributed by atoms with Crippen LogP contribution in [0.15, 0.2) is 53.6 Å². The minimum atomic E-state index is -4.91. The van der Waals surface area contributed by atoms with E-state index in [1.807, 2.05) is 23.5 Å². The van der Waals surface area contributed by atoms with E-state index in [9.17, 15) is 30.4 Å². The van der Waals surface area contributed by atoms with Crippen LogP contribution < -0.4 is 14.9 Å². The number of ether oxygens (including phenoxy) is 1. The van der Waals surface area contributed by atoms with Gasteiger partial charge in [-0.2, -0.15) is 0 Å². The van der Waals surface area contributed by atoms with Crippen molar-refractivity contribution in [1.82, 2.24) is 19.9 Å². The Labute approximate surface area is 316 Å². The van der Waals surface area contributed by atoms with Crippen molar-refractivity contribution in [3.8, 4) is 21.8 Å². The molecule has 0 spiro atoms. The Kier molecular flexibility index (Phi) is 10.9. The van der Waals surface area contributed by atoms with Gasteiger partial charge in [0.15, 0.2) is 15.8 Å². The summed E-state index contributed by atoms with van der Waals surface area (Å²) in [5.74, 6) is -3.45.